The number of aromatic nitrogens is 5. The summed E-state index contributed by atoms with van der Waals surface area (Å²) in [6.07, 6.45) is 0.577. The van der Waals surface area contributed by atoms with Gasteiger partial charge in [0.05, 0.1) is 5.69 Å². The molecule has 144 valence electrons. The van der Waals surface area contributed by atoms with E-state index in [1.54, 1.807) is 22.5 Å². The molecule has 9 heteroatoms. The third-order valence-electron chi connectivity index (χ3n) is 4.62. The molecule has 1 aliphatic heterocycles. The van der Waals surface area contributed by atoms with Crippen LogP contribution in [0.15, 0.2) is 70.1 Å². The van der Waals surface area contributed by atoms with Crippen LogP contribution in [0.25, 0.3) is 5.69 Å². The number of para-hydroxylation sites is 1. The first-order valence-corrected chi connectivity index (χ1v) is 10.1. The zero-order valence-electron chi connectivity index (χ0n) is 15.2. The van der Waals surface area contributed by atoms with Crippen LogP contribution in [0.2, 0.25) is 0 Å². The molecule has 5 rings (SSSR count). The van der Waals surface area contributed by atoms with Crippen molar-refractivity contribution in [2.75, 3.05) is 5.75 Å². The van der Waals surface area contributed by atoms with Crippen LogP contribution >= 0.6 is 11.8 Å². The first-order chi connectivity index (χ1) is 14.3. The molecule has 8 nitrogen and oxygen atoms in total. The van der Waals surface area contributed by atoms with E-state index in [0.717, 1.165) is 16.1 Å². The Labute approximate surface area is 170 Å². The zero-order chi connectivity index (χ0) is 19.6. The fraction of sp³-hybridized carbons (Fsp3) is 0.150. The molecule has 0 unspecified atom stereocenters. The normalized spacial score (nSPS) is 15.2. The minimum absolute atomic E-state index is 0.238. The van der Waals surface area contributed by atoms with Gasteiger partial charge in [0.25, 0.3) is 5.91 Å². The second-order valence-corrected chi connectivity index (χ2v) is 7.66. The van der Waals surface area contributed by atoms with Crippen LogP contribution in [0.5, 0.6) is 0 Å². The molecule has 3 heterocycles. The van der Waals surface area contributed by atoms with Gasteiger partial charge in [-0.3, -0.25) is 4.79 Å². The first kappa shape index (κ1) is 17.6. The van der Waals surface area contributed by atoms with E-state index in [4.69, 9.17) is 4.52 Å². The lowest BCUT2D eigenvalue weighted by Crippen LogP contribution is -2.31. The maximum Gasteiger partial charge on any atom is 0.274 e. The summed E-state index contributed by atoms with van der Waals surface area (Å²) in [5.74, 6) is 1.51. The molecule has 0 radical (unpaired) electrons. The van der Waals surface area contributed by atoms with E-state index in [0.29, 0.717) is 23.8 Å². The molecule has 0 saturated carbocycles. The molecule has 29 heavy (non-hydrogen) atoms. The van der Waals surface area contributed by atoms with Crippen molar-refractivity contribution in [1.82, 2.24) is 30.7 Å². The molecule has 0 bridgehead atoms. The van der Waals surface area contributed by atoms with E-state index < -0.39 is 0 Å². The van der Waals surface area contributed by atoms with Crippen LogP contribution in [0, 0.1) is 0 Å². The van der Waals surface area contributed by atoms with Crippen molar-refractivity contribution in [2.24, 2.45) is 0 Å². The summed E-state index contributed by atoms with van der Waals surface area (Å²) in [4.78, 5) is 13.8. The minimum Gasteiger partial charge on any atom is -0.360 e. The molecule has 0 aliphatic carbocycles. The highest BCUT2D eigenvalue weighted by Gasteiger charge is 2.28. The average molecular weight is 404 g/mol. The van der Waals surface area contributed by atoms with Gasteiger partial charge in [0.2, 0.25) is 0 Å². The summed E-state index contributed by atoms with van der Waals surface area (Å²) >= 11 is 1.64. The van der Waals surface area contributed by atoms with Crippen molar-refractivity contribution in [3.8, 4) is 5.69 Å². The predicted octanol–water partition coefficient (Wildman–Crippen LogP) is 2.82. The van der Waals surface area contributed by atoms with Crippen LogP contribution < -0.4 is 5.32 Å². The number of nitrogens with zero attached hydrogens (tertiary/aromatic N) is 5. The van der Waals surface area contributed by atoms with Gasteiger partial charge < -0.3 is 9.84 Å². The first-order valence-electron chi connectivity index (χ1n) is 9.09. The maximum absolute atomic E-state index is 12.8. The smallest absolute Gasteiger partial charge is 0.274 e. The summed E-state index contributed by atoms with van der Waals surface area (Å²) < 4.78 is 7.02. The predicted molar refractivity (Wildman–Crippen MR) is 106 cm³/mol. The Kier molecular flexibility index (Phi) is 4.57. The molecular weight excluding hydrogens is 388 g/mol. The molecule has 0 saturated heterocycles. The van der Waals surface area contributed by atoms with Crippen molar-refractivity contribution in [2.45, 2.75) is 17.4 Å². The Bertz CT molecular complexity index is 1160. The van der Waals surface area contributed by atoms with Gasteiger partial charge in [-0.15, -0.1) is 16.9 Å². The molecule has 0 fully saturated rings. The molecule has 2 aromatic carbocycles. The van der Waals surface area contributed by atoms with Crippen LogP contribution in [0.3, 0.4) is 0 Å². The van der Waals surface area contributed by atoms with Crippen molar-refractivity contribution in [3.63, 3.8) is 0 Å². The number of fused-ring (bicyclic) bond motifs is 3. The van der Waals surface area contributed by atoms with Gasteiger partial charge in [-0.25, -0.2) is 0 Å². The Balaban J connectivity index is 1.34. The maximum atomic E-state index is 12.8. The van der Waals surface area contributed by atoms with Gasteiger partial charge in [0, 0.05) is 23.1 Å². The van der Waals surface area contributed by atoms with E-state index in [1.165, 1.54) is 0 Å². The Morgan fingerprint density at radius 2 is 2.00 bits per heavy atom. The van der Waals surface area contributed by atoms with Gasteiger partial charge in [-0.2, -0.15) is 4.68 Å². The average Bonchev–Trinajstić information content (AvgIpc) is 3.39. The van der Waals surface area contributed by atoms with E-state index in [1.807, 2.05) is 54.6 Å². The Hall–Kier alpha value is -3.46. The third-order valence-corrected chi connectivity index (χ3v) is 5.78. The highest BCUT2D eigenvalue weighted by Crippen LogP contribution is 2.33. The SMILES string of the molecule is O=C(N[C@H]1CSc2ccccc2-n2nnnc21)c1cc(Cc2ccccc2)on1. The molecule has 0 spiro atoms. The van der Waals surface area contributed by atoms with Crippen molar-refractivity contribution >= 4 is 17.7 Å². The van der Waals surface area contributed by atoms with Crippen molar-refractivity contribution in [1.29, 1.82) is 0 Å². The number of rotatable bonds is 4. The van der Waals surface area contributed by atoms with E-state index >= 15 is 0 Å². The van der Waals surface area contributed by atoms with Gasteiger partial charge in [-0.1, -0.05) is 47.6 Å². The lowest BCUT2D eigenvalue weighted by atomic mass is 10.1. The number of hydrogen-bond donors (Lipinski definition) is 1. The number of benzene rings is 2. The van der Waals surface area contributed by atoms with Crippen LogP contribution in [0.1, 0.15) is 33.7 Å². The van der Waals surface area contributed by atoms with Crippen LogP contribution in [-0.2, 0) is 6.42 Å². The quantitative estimate of drug-likeness (QED) is 0.558. The lowest BCUT2D eigenvalue weighted by Gasteiger charge is -2.13. The fourth-order valence-corrected chi connectivity index (χ4v) is 4.28. The number of carbonyl (C=O) groups is 1. The van der Waals surface area contributed by atoms with Crippen LogP contribution in [-0.4, -0.2) is 37.0 Å². The highest BCUT2D eigenvalue weighted by molar-refractivity contribution is 7.99. The van der Waals surface area contributed by atoms with Gasteiger partial charge >= 0.3 is 0 Å². The summed E-state index contributed by atoms with van der Waals surface area (Å²) in [7, 11) is 0. The number of hydrogen-bond acceptors (Lipinski definition) is 7. The second-order valence-electron chi connectivity index (χ2n) is 6.59. The standard InChI is InChI=1S/C20H16N6O2S/c27-20(15-11-14(28-23-15)10-13-6-2-1-3-7-13)21-16-12-29-18-9-5-4-8-17(18)26-19(16)22-24-25-26/h1-9,11,16H,10,12H2,(H,21,27)/t16-/m0/s1. The molecular formula is C20H16N6O2S. The molecule has 4 aromatic rings. The molecule has 1 N–H and O–H groups in total. The topological polar surface area (TPSA) is 98.7 Å². The summed E-state index contributed by atoms with van der Waals surface area (Å²) in [6, 6.07) is 19.1. The van der Waals surface area contributed by atoms with Crippen LogP contribution in [0.4, 0.5) is 0 Å². The Morgan fingerprint density at radius 1 is 1.17 bits per heavy atom. The molecule has 1 atom stereocenters. The summed E-state index contributed by atoms with van der Waals surface area (Å²) in [5, 5.41) is 18.9. The number of tetrazole rings is 1. The van der Waals surface area contributed by atoms with Gasteiger partial charge in [0.1, 0.15) is 11.8 Å². The van der Waals surface area contributed by atoms with Crippen molar-refractivity contribution < 1.29 is 9.32 Å². The number of amides is 1. The number of carbonyl (C=O) groups excluding carboxylic acids is 1. The Morgan fingerprint density at radius 3 is 2.90 bits per heavy atom. The number of thioether (sulfide) groups is 1. The molecule has 1 aliphatic rings. The molecule has 2 aromatic heterocycles. The summed E-state index contributed by atoms with van der Waals surface area (Å²) in [6.45, 7) is 0. The van der Waals surface area contributed by atoms with E-state index in [-0.39, 0.29) is 17.6 Å². The molecule has 1 amide bonds. The number of nitrogens with one attached hydrogen (secondary N) is 1. The van der Waals surface area contributed by atoms with E-state index in [9.17, 15) is 4.79 Å². The minimum atomic E-state index is -0.357. The second kappa shape index (κ2) is 7.51. The lowest BCUT2D eigenvalue weighted by molar-refractivity contribution is 0.0929. The third kappa shape index (κ3) is 3.52. The monoisotopic (exact) mass is 404 g/mol. The van der Waals surface area contributed by atoms with Crippen molar-refractivity contribution in [3.05, 3.63) is 83.5 Å². The van der Waals surface area contributed by atoms with Gasteiger partial charge in [0.15, 0.2) is 11.5 Å². The fourth-order valence-electron chi connectivity index (χ4n) is 3.22. The largest absolute Gasteiger partial charge is 0.360 e. The zero-order valence-corrected chi connectivity index (χ0v) is 16.0. The van der Waals surface area contributed by atoms with E-state index in [2.05, 4.69) is 26.0 Å². The highest BCUT2D eigenvalue weighted by atomic mass is 32.2. The van der Waals surface area contributed by atoms with Gasteiger partial charge in [-0.05, 0) is 28.1 Å². The summed E-state index contributed by atoms with van der Waals surface area (Å²) in [5.41, 5.74) is 2.23.